The van der Waals surface area contributed by atoms with E-state index in [-0.39, 0.29) is 11.7 Å². The number of nitrogens with zero attached hydrogens (tertiary/aromatic N) is 4. The minimum Gasteiger partial charge on any atom is -0.461 e. The molecule has 2 heterocycles. The molecule has 0 saturated heterocycles. The third-order valence-corrected chi connectivity index (χ3v) is 5.10. The van der Waals surface area contributed by atoms with Crippen LogP contribution in [0.5, 0.6) is 0 Å². The molecule has 0 spiro atoms. The summed E-state index contributed by atoms with van der Waals surface area (Å²) >= 11 is 1.00. The smallest absolute Gasteiger partial charge is 0.418 e. The summed E-state index contributed by atoms with van der Waals surface area (Å²) in [7, 11) is 0. The van der Waals surface area contributed by atoms with E-state index in [0.717, 1.165) is 23.9 Å². The van der Waals surface area contributed by atoms with Crippen LogP contribution >= 0.6 is 11.8 Å². The Hall–Kier alpha value is -3.35. The van der Waals surface area contributed by atoms with Gasteiger partial charge >= 0.3 is 6.18 Å². The van der Waals surface area contributed by atoms with Gasteiger partial charge in [0, 0.05) is 18.7 Å². The van der Waals surface area contributed by atoms with Crippen LogP contribution in [0.3, 0.4) is 0 Å². The molecule has 0 aliphatic heterocycles. The first-order valence-corrected chi connectivity index (χ1v) is 10.3. The predicted molar refractivity (Wildman–Crippen MR) is 110 cm³/mol. The van der Waals surface area contributed by atoms with E-state index in [1.807, 2.05) is 13.8 Å². The molecule has 3 rings (SSSR count). The molecule has 0 fully saturated rings. The van der Waals surface area contributed by atoms with Crippen molar-refractivity contribution >= 4 is 29.0 Å². The van der Waals surface area contributed by atoms with Crippen LogP contribution < -0.4 is 5.32 Å². The Bertz CT molecular complexity index is 1110. The molecule has 1 aromatic carbocycles. The number of thioether (sulfide) groups is 1. The van der Waals surface area contributed by atoms with Crippen molar-refractivity contribution in [3.05, 3.63) is 52.3 Å². The van der Waals surface area contributed by atoms with E-state index in [2.05, 4.69) is 15.5 Å². The third kappa shape index (κ3) is 5.46. The normalized spacial score (nSPS) is 11.7. The summed E-state index contributed by atoms with van der Waals surface area (Å²) < 4.78 is 47.0. The zero-order valence-corrected chi connectivity index (χ0v) is 17.7. The highest BCUT2D eigenvalue weighted by molar-refractivity contribution is 7.99. The second-order valence-corrected chi connectivity index (χ2v) is 8.05. The molecule has 9 nitrogen and oxygen atoms in total. The van der Waals surface area contributed by atoms with E-state index in [1.165, 1.54) is 6.26 Å². The summed E-state index contributed by atoms with van der Waals surface area (Å²) in [6.07, 6.45) is -3.39. The number of nitro benzene ring substituents is 1. The van der Waals surface area contributed by atoms with Gasteiger partial charge in [-0.15, -0.1) is 10.2 Å². The minimum absolute atomic E-state index is 0.224. The van der Waals surface area contributed by atoms with E-state index in [1.54, 1.807) is 16.7 Å². The molecule has 0 atom stereocenters. The van der Waals surface area contributed by atoms with Crippen LogP contribution in [0.1, 0.15) is 19.4 Å². The average Bonchev–Trinajstić information content (AvgIpc) is 3.35. The van der Waals surface area contributed by atoms with Gasteiger partial charge in [-0.3, -0.25) is 19.5 Å². The molecular formula is C19H18F3N5O4S. The fourth-order valence-corrected chi connectivity index (χ4v) is 3.57. The summed E-state index contributed by atoms with van der Waals surface area (Å²) in [5.74, 6) is 0.217. The number of non-ortho nitro benzene ring substituents is 1. The Morgan fingerprint density at radius 1 is 1.31 bits per heavy atom. The monoisotopic (exact) mass is 469 g/mol. The van der Waals surface area contributed by atoms with Crippen molar-refractivity contribution in [2.24, 2.45) is 5.92 Å². The largest absolute Gasteiger partial charge is 0.461 e. The highest BCUT2D eigenvalue weighted by Crippen LogP contribution is 2.37. The van der Waals surface area contributed by atoms with Crippen molar-refractivity contribution in [1.29, 1.82) is 0 Å². The second kappa shape index (κ2) is 9.42. The number of hydrogen-bond acceptors (Lipinski definition) is 7. The van der Waals surface area contributed by atoms with Crippen molar-refractivity contribution in [1.82, 2.24) is 14.8 Å². The number of anilines is 1. The summed E-state index contributed by atoms with van der Waals surface area (Å²) in [6, 6.07) is 5.56. The quantitative estimate of drug-likeness (QED) is 0.285. The van der Waals surface area contributed by atoms with E-state index >= 15 is 0 Å². The molecule has 0 unspecified atom stereocenters. The van der Waals surface area contributed by atoms with Crippen LogP contribution in [0.4, 0.5) is 24.5 Å². The first kappa shape index (κ1) is 23.3. The van der Waals surface area contributed by atoms with Crippen molar-refractivity contribution in [2.45, 2.75) is 31.7 Å². The Morgan fingerprint density at radius 3 is 2.66 bits per heavy atom. The van der Waals surface area contributed by atoms with Gasteiger partial charge in [-0.05, 0) is 24.1 Å². The van der Waals surface area contributed by atoms with E-state index < -0.39 is 33.9 Å². The number of hydrogen-bond donors (Lipinski definition) is 1. The van der Waals surface area contributed by atoms with Crippen LogP contribution in [0, 0.1) is 16.0 Å². The van der Waals surface area contributed by atoms with Crippen LogP contribution in [-0.4, -0.2) is 31.3 Å². The number of alkyl halides is 3. The number of furan rings is 1. The molecule has 2 aromatic heterocycles. The van der Waals surface area contributed by atoms with E-state index in [9.17, 15) is 28.1 Å². The third-order valence-electron chi connectivity index (χ3n) is 4.13. The fraction of sp³-hybridized carbons (Fsp3) is 0.316. The maximum absolute atomic E-state index is 13.3. The Kier molecular flexibility index (Phi) is 6.87. The number of aromatic nitrogens is 3. The first-order chi connectivity index (χ1) is 15.1. The Labute approximate surface area is 184 Å². The predicted octanol–water partition coefficient (Wildman–Crippen LogP) is 4.85. The number of halogens is 3. The van der Waals surface area contributed by atoms with E-state index in [4.69, 9.17) is 4.42 Å². The molecule has 170 valence electrons. The lowest BCUT2D eigenvalue weighted by atomic mass is 10.1. The summed E-state index contributed by atoms with van der Waals surface area (Å²) in [4.78, 5) is 22.2. The standard InChI is InChI=1S/C19H18F3N5O4S/c1-11(2)9-26-17(15-4-3-7-31-15)24-25-18(26)32-10-16(28)23-14-6-5-12(27(29)30)8-13(14)19(20,21)22/h3-8,11H,9-10H2,1-2H3,(H,23,28). The number of nitro groups is 1. The van der Waals surface area contributed by atoms with Crippen molar-refractivity contribution < 1.29 is 27.3 Å². The molecule has 3 aromatic rings. The molecule has 0 saturated carbocycles. The van der Waals surface area contributed by atoms with Crippen molar-refractivity contribution in [3.63, 3.8) is 0 Å². The minimum atomic E-state index is -4.88. The van der Waals surface area contributed by atoms with Crippen LogP contribution in [0.2, 0.25) is 0 Å². The Balaban J connectivity index is 1.76. The van der Waals surface area contributed by atoms with Gasteiger partial charge in [-0.1, -0.05) is 25.6 Å². The molecule has 0 bridgehead atoms. The van der Waals surface area contributed by atoms with Gasteiger partial charge < -0.3 is 9.73 Å². The topological polar surface area (TPSA) is 116 Å². The number of benzene rings is 1. The maximum atomic E-state index is 13.3. The molecule has 0 aliphatic rings. The maximum Gasteiger partial charge on any atom is 0.418 e. The highest BCUT2D eigenvalue weighted by Gasteiger charge is 2.35. The lowest BCUT2D eigenvalue weighted by Crippen LogP contribution is -2.19. The first-order valence-electron chi connectivity index (χ1n) is 9.31. The number of carbonyl (C=O) groups is 1. The zero-order chi connectivity index (χ0) is 23.5. The van der Waals surface area contributed by atoms with Gasteiger partial charge in [0.25, 0.3) is 5.69 Å². The number of rotatable bonds is 8. The molecule has 0 aliphatic carbocycles. The SMILES string of the molecule is CC(C)Cn1c(SCC(=O)Nc2ccc([N+](=O)[O-])cc2C(F)(F)F)nnc1-c1ccco1. The molecule has 13 heteroatoms. The van der Waals surface area contributed by atoms with Gasteiger partial charge in [0.15, 0.2) is 16.7 Å². The number of amides is 1. The molecule has 1 N–H and O–H groups in total. The lowest BCUT2D eigenvalue weighted by molar-refractivity contribution is -0.385. The van der Waals surface area contributed by atoms with Crippen molar-refractivity contribution in [2.75, 3.05) is 11.1 Å². The summed E-state index contributed by atoms with van der Waals surface area (Å²) in [5.41, 5.74) is -2.58. The van der Waals surface area contributed by atoms with Gasteiger partial charge in [0.05, 0.1) is 28.2 Å². The summed E-state index contributed by atoms with van der Waals surface area (Å²) in [6.45, 7) is 4.51. The van der Waals surface area contributed by atoms with Gasteiger partial charge in [0.1, 0.15) is 0 Å². The Morgan fingerprint density at radius 2 is 2.06 bits per heavy atom. The summed E-state index contributed by atoms with van der Waals surface area (Å²) in [5, 5.41) is 21.5. The van der Waals surface area contributed by atoms with Gasteiger partial charge in [-0.25, -0.2) is 0 Å². The van der Waals surface area contributed by atoms with Crippen LogP contribution in [-0.2, 0) is 17.5 Å². The van der Waals surface area contributed by atoms with E-state index in [0.29, 0.717) is 29.4 Å². The molecule has 32 heavy (non-hydrogen) atoms. The van der Waals surface area contributed by atoms with Crippen LogP contribution in [0.15, 0.2) is 46.2 Å². The number of carbonyl (C=O) groups excluding carboxylic acids is 1. The zero-order valence-electron chi connectivity index (χ0n) is 16.9. The average molecular weight is 469 g/mol. The highest BCUT2D eigenvalue weighted by atomic mass is 32.2. The molecule has 0 radical (unpaired) electrons. The van der Waals surface area contributed by atoms with Gasteiger partial charge in [0.2, 0.25) is 5.91 Å². The number of nitrogens with one attached hydrogen (secondary N) is 1. The molecular weight excluding hydrogens is 451 g/mol. The second-order valence-electron chi connectivity index (χ2n) is 7.11. The van der Waals surface area contributed by atoms with Crippen molar-refractivity contribution in [3.8, 4) is 11.6 Å². The van der Waals surface area contributed by atoms with Gasteiger partial charge in [-0.2, -0.15) is 13.2 Å². The lowest BCUT2D eigenvalue weighted by Gasteiger charge is -2.14. The molecule has 1 amide bonds. The van der Waals surface area contributed by atoms with Crippen LogP contribution in [0.25, 0.3) is 11.6 Å². The fourth-order valence-electron chi connectivity index (χ4n) is 2.82.